The van der Waals surface area contributed by atoms with Crippen LogP contribution in [0.4, 0.5) is 0 Å². The summed E-state index contributed by atoms with van der Waals surface area (Å²) in [5.74, 6) is -1.07. The van der Waals surface area contributed by atoms with Gasteiger partial charge in [-0.2, -0.15) is 0 Å². The Kier molecular flexibility index (Phi) is 2.74. The minimum absolute atomic E-state index is 0.0568. The lowest BCUT2D eigenvalue weighted by Gasteiger charge is -2.05. The van der Waals surface area contributed by atoms with Crippen molar-refractivity contribution >= 4 is 23.2 Å². The Morgan fingerprint density at radius 1 is 1.47 bits per heavy atom. The van der Waals surface area contributed by atoms with E-state index in [-0.39, 0.29) is 11.1 Å². The number of aromatic carboxylic acids is 1. The lowest BCUT2D eigenvalue weighted by Crippen LogP contribution is -2.15. The van der Waals surface area contributed by atoms with Gasteiger partial charge in [0.25, 0.3) is 5.56 Å². The second kappa shape index (κ2) is 4.21. The number of pyridine rings is 2. The summed E-state index contributed by atoms with van der Waals surface area (Å²) in [4.78, 5) is 26.5. The van der Waals surface area contributed by atoms with E-state index >= 15 is 0 Å². The van der Waals surface area contributed by atoms with Crippen LogP contribution in [0.15, 0.2) is 35.3 Å². The summed E-state index contributed by atoms with van der Waals surface area (Å²) in [5, 5.41) is 8.89. The number of allylic oxidation sites excluding steroid dienone is 1. The van der Waals surface area contributed by atoms with Crippen molar-refractivity contribution in [3.05, 3.63) is 46.4 Å². The van der Waals surface area contributed by atoms with Gasteiger partial charge in [-0.15, -0.1) is 0 Å². The van der Waals surface area contributed by atoms with E-state index < -0.39 is 5.97 Å². The summed E-state index contributed by atoms with van der Waals surface area (Å²) in [6, 6.07) is 4.41. The maximum atomic E-state index is 11.6. The van der Waals surface area contributed by atoms with Crippen LogP contribution in [0.3, 0.4) is 0 Å². The van der Waals surface area contributed by atoms with Gasteiger partial charge in [-0.05, 0) is 19.1 Å². The van der Waals surface area contributed by atoms with Crippen molar-refractivity contribution < 1.29 is 9.90 Å². The van der Waals surface area contributed by atoms with Crippen LogP contribution in [-0.2, 0) is 0 Å². The summed E-state index contributed by atoms with van der Waals surface area (Å²) in [6.07, 6.45) is 4.56. The van der Waals surface area contributed by atoms with Crippen molar-refractivity contribution in [2.24, 2.45) is 0 Å². The van der Waals surface area contributed by atoms with E-state index in [0.29, 0.717) is 11.0 Å². The van der Waals surface area contributed by atoms with E-state index in [9.17, 15) is 9.59 Å². The maximum Gasteiger partial charge on any atom is 0.337 e. The van der Waals surface area contributed by atoms with E-state index in [1.807, 2.05) is 0 Å². The van der Waals surface area contributed by atoms with Crippen LogP contribution in [-0.4, -0.2) is 20.6 Å². The first-order valence-electron chi connectivity index (χ1n) is 5.01. The first kappa shape index (κ1) is 11.1. The minimum Gasteiger partial charge on any atom is -0.478 e. The Bertz CT molecular complexity index is 671. The molecule has 0 saturated heterocycles. The molecule has 0 bridgehead atoms. The largest absolute Gasteiger partial charge is 0.478 e. The van der Waals surface area contributed by atoms with Crippen molar-refractivity contribution in [3.63, 3.8) is 0 Å². The zero-order chi connectivity index (χ0) is 12.4. The predicted octanol–water partition coefficient (Wildman–Crippen LogP) is 1.59. The van der Waals surface area contributed by atoms with Gasteiger partial charge in [0, 0.05) is 18.5 Å². The molecule has 0 aromatic carbocycles. The number of nitrogens with zero attached hydrogens (tertiary/aromatic N) is 2. The SMILES string of the molecule is CC=Cn1c(=O)ccc2ncc(C(=O)O)cc21. The van der Waals surface area contributed by atoms with Gasteiger partial charge in [-0.25, -0.2) is 4.79 Å². The Morgan fingerprint density at radius 3 is 2.88 bits per heavy atom. The van der Waals surface area contributed by atoms with Gasteiger partial charge in [-0.1, -0.05) is 6.08 Å². The number of carboxylic acids is 1. The molecular weight excluding hydrogens is 220 g/mol. The standard InChI is InChI=1S/C12H10N2O3/c1-2-5-14-10-6-8(12(16)17)7-13-9(10)3-4-11(14)15/h2-7H,1H3,(H,16,17). The average Bonchev–Trinajstić information content (AvgIpc) is 2.32. The van der Waals surface area contributed by atoms with Crippen LogP contribution >= 0.6 is 0 Å². The zero-order valence-electron chi connectivity index (χ0n) is 9.12. The molecule has 0 aliphatic heterocycles. The number of rotatable bonds is 2. The molecule has 2 heterocycles. The van der Waals surface area contributed by atoms with Gasteiger partial charge in [0.2, 0.25) is 0 Å². The number of carbonyl (C=O) groups is 1. The summed E-state index contributed by atoms with van der Waals surface area (Å²) < 4.78 is 1.37. The molecule has 2 aromatic rings. The Labute approximate surface area is 96.6 Å². The molecular formula is C12H10N2O3. The van der Waals surface area contributed by atoms with Crippen molar-refractivity contribution in [3.8, 4) is 0 Å². The van der Waals surface area contributed by atoms with Crippen molar-refractivity contribution in [1.29, 1.82) is 0 Å². The number of hydrogen-bond acceptors (Lipinski definition) is 3. The van der Waals surface area contributed by atoms with Crippen LogP contribution in [0.5, 0.6) is 0 Å². The average molecular weight is 230 g/mol. The highest BCUT2D eigenvalue weighted by molar-refractivity contribution is 5.91. The quantitative estimate of drug-likeness (QED) is 0.850. The third-order valence-electron chi connectivity index (χ3n) is 2.32. The molecule has 0 radical (unpaired) electrons. The second-order valence-corrected chi connectivity index (χ2v) is 3.46. The maximum absolute atomic E-state index is 11.6. The molecule has 0 saturated carbocycles. The molecule has 5 nitrogen and oxygen atoms in total. The lowest BCUT2D eigenvalue weighted by molar-refractivity contribution is 0.0696. The van der Waals surface area contributed by atoms with Gasteiger partial charge in [-0.3, -0.25) is 14.3 Å². The van der Waals surface area contributed by atoms with E-state index in [1.54, 1.807) is 25.3 Å². The number of aromatic nitrogens is 2. The lowest BCUT2D eigenvalue weighted by atomic mass is 10.2. The Morgan fingerprint density at radius 2 is 2.24 bits per heavy atom. The highest BCUT2D eigenvalue weighted by atomic mass is 16.4. The fourth-order valence-electron chi connectivity index (χ4n) is 1.55. The van der Waals surface area contributed by atoms with Crippen molar-refractivity contribution in [1.82, 2.24) is 9.55 Å². The molecule has 2 aromatic heterocycles. The first-order chi connectivity index (χ1) is 8.13. The minimum atomic E-state index is -1.07. The van der Waals surface area contributed by atoms with Crippen LogP contribution in [0.1, 0.15) is 17.3 Å². The number of carboxylic acid groups (broad SMARTS) is 1. The molecule has 17 heavy (non-hydrogen) atoms. The normalized spacial score (nSPS) is 11.1. The fourth-order valence-corrected chi connectivity index (χ4v) is 1.55. The molecule has 2 rings (SSSR count). The summed E-state index contributed by atoms with van der Waals surface area (Å²) in [7, 11) is 0. The number of fused-ring (bicyclic) bond motifs is 1. The molecule has 0 aliphatic carbocycles. The van der Waals surface area contributed by atoms with Crippen molar-refractivity contribution in [2.45, 2.75) is 6.92 Å². The molecule has 0 aliphatic rings. The topological polar surface area (TPSA) is 72.2 Å². The van der Waals surface area contributed by atoms with Gasteiger partial charge >= 0.3 is 5.97 Å². The molecule has 0 atom stereocenters. The zero-order valence-corrected chi connectivity index (χ0v) is 9.12. The number of hydrogen-bond donors (Lipinski definition) is 1. The molecule has 86 valence electrons. The van der Waals surface area contributed by atoms with Crippen LogP contribution in [0, 0.1) is 0 Å². The van der Waals surface area contributed by atoms with Crippen LogP contribution in [0.25, 0.3) is 17.2 Å². The molecule has 0 unspecified atom stereocenters. The molecule has 0 fully saturated rings. The second-order valence-electron chi connectivity index (χ2n) is 3.46. The summed E-state index contributed by atoms with van der Waals surface area (Å²) >= 11 is 0. The van der Waals surface area contributed by atoms with E-state index in [4.69, 9.17) is 5.11 Å². The van der Waals surface area contributed by atoms with Crippen LogP contribution in [0.2, 0.25) is 0 Å². The Balaban J connectivity index is 2.85. The van der Waals surface area contributed by atoms with E-state index in [1.165, 1.54) is 22.9 Å². The fraction of sp³-hybridized carbons (Fsp3) is 0.0833. The highest BCUT2D eigenvalue weighted by Gasteiger charge is 2.07. The molecule has 5 heteroatoms. The van der Waals surface area contributed by atoms with E-state index in [0.717, 1.165) is 0 Å². The predicted molar refractivity (Wildman–Crippen MR) is 64.0 cm³/mol. The first-order valence-corrected chi connectivity index (χ1v) is 5.01. The third kappa shape index (κ3) is 1.94. The summed E-state index contributed by atoms with van der Waals surface area (Å²) in [5.41, 5.74) is 0.893. The van der Waals surface area contributed by atoms with Crippen molar-refractivity contribution in [2.75, 3.05) is 0 Å². The van der Waals surface area contributed by atoms with Gasteiger partial charge in [0.05, 0.1) is 16.6 Å². The monoisotopic (exact) mass is 230 g/mol. The van der Waals surface area contributed by atoms with Gasteiger partial charge in [0.1, 0.15) is 0 Å². The van der Waals surface area contributed by atoms with Crippen LogP contribution < -0.4 is 5.56 Å². The Hall–Kier alpha value is -2.43. The third-order valence-corrected chi connectivity index (χ3v) is 2.32. The van der Waals surface area contributed by atoms with Gasteiger partial charge in [0.15, 0.2) is 0 Å². The highest BCUT2D eigenvalue weighted by Crippen LogP contribution is 2.11. The van der Waals surface area contributed by atoms with E-state index in [2.05, 4.69) is 4.98 Å². The smallest absolute Gasteiger partial charge is 0.337 e. The molecule has 0 amide bonds. The molecule has 1 N–H and O–H groups in total. The molecule has 0 spiro atoms. The van der Waals surface area contributed by atoms with Gasteiger partial charge < -0.3 is 5.11 Å². The summed E-state index contributed by atoms with van der Waals surface area (Å²) in [6.45, 7) is 1.78.